The normalized spacial score (nSPS) is 12.3. The minimum absolute atomic E-state index is 0.343. The molecule has 0 spiro atoms. The number of rotatable bonds is 3. The van der Waals surface area contributed by atoms with Crippen LogP contribution in [0.4, 0.5) is 20.2 Å². The molecule has 0 bridgehead atoms. The summed E-state index contributed by atoms with van der Waals surface area (Å²) in [7, 11) is 1.74. The highest BCUT2D eigenvalue weighted by molar-refractivity contribution is 5.66. The highest BCUT2D eigenvalue weighted by atomic mass is 19.1. The molecular formula is C15H15F2NO. The molecule has 0 radical (unpaired) electrons. The topological polar surface area (TPSA) is 23.5 Å². The van der Waals surface area contributed by atoms with Crippen LogP contribution in [0.2, 0.25) is 0 Å². The van der Waals surface area contributed by atoms with E-state index in [0.29, 0.717) is 16.9 Å². The quantitative estimate of drug-likeness (QED) is 0.910. The molecule has 0 saturated carbocycles. The molecule has 0 aromatic heterocycles. The summed E-state index contributed by atoms with van der Waals surface area (Å²) in [6.07, 6.45) is -0.804. The van der Waals surface area contributed by atoms with Gasteiger partial charge >= 0.3 is 0 Å². The van der Waals surface area contributed by atoms with Gasteiger partial charge in [-0.1, -0.05) is 6.07 Å². The van der Waals surface area contributed by atoms with Crippen LogP contribution in [-0.4, -0.2) is 12.2 Å². The fourth-order valence-corrected chi connectivity index (χ4v) is 1.99. The van der Waals surface area contributed by atoms with Crippen molar-refractivity contribution in [3.8, 4) is 0 Å². The van der Waals surface area contributed by atoms with Gasteiger partial charge in [-0.15, -0.1) is 0 Å². The maximum Gasteiger partial charge on any atom is 0.125 e. The number of anilines is 2. The summed E-state index contributed by atoms with van der Waals surface area (Å²) in [5, 5.41) is 9.71. The van der Waals surface area contributed by atoms with E-state index in [1.165, 1.54) is 24.3 Å². The lowest BCUT2D eigenvalue weighted by Gasteiger charge is -2.24. The van der Waals surface area contributed by atoms with Crippen LogP contribution in [0, 0.1) is 11.6 Å². The fraction of sp³-hybridized carbons (Fsp3) is 0.200. The van der Waals surface area contributed by atoms with E-state index in [4.69, 9.17) is 0 Å². The monoisotopic (exact) mass is 263 g/mol. The third-order valence-electron chi connectivity index (χ3n) is 3.00. The second-order valence-electron chi connectivity index (χ2n) is 4.42. The first kappa shape index (κ1) is 13.5. The molecule has 2 nitrogen and oxygen atoms in total. The predicted octanol–water partition coefficient (Wildman–Crippen LogP) is 3.79. The molecule has 2 aromatic carbocycles. The van der Waals surface area contributed by atoms with Gasteiger partial charge in [0.25, 0.3) is 0 Å². The molecule has 0 fully saturated rings. The van der Waals surface area contributed by atoms with Gasteiger partial charge in [0, 0.05) is 24.0 Å². The fourth-order valence-electron chi connectivity index (χ4n) is 1.99. The van der Waals surface area contributed by atoms with Crippen molar-refractivity contribution < 1.29 is 13.9 Å². The Morgan fingerprint density at radius 1 is 1.05 bits per heavy atom. The number of nitrogens with zero attached hydrogens (tertiary/aromatic N) is 1. The molecule has 2 aromatic rings. The first-order valence-corrected chi connectivity index (χ1v) is 5.96. The van der Waals surface area contributed by atoms with Crippen LogP contribution < -0.4 is 4.90 Å². The van der Waals surface area contributed by atoms with Crippen LogP contribution in [-0.2, 0) is 0 Å². The van der Waals surface area contributed by atoms with E-state index >= 15 is 0 Å². The Bertz CT molecular complexity index is 584. The minimum atomic E-state index is -0.804. The summed E-state index contributed by atoms with van der Waals surface area (Å²) in [5.74, 6) is -0.752. The van der Waals surface area contributed by atoms with Crippen molar-refractivity contribution in [2.75, 3.05) is 11.9 Å². The van der Waals surface area contributed by atoms with Gasteiger partial charge in [0.05, 0.1) is 6.10 Å². The van der Waals surface area contributed by atoms with Gasteiger partial charge in [-0.3, -0.25) is 0 Å². The number of hydrogen-bond donors (Lipinski definition) is 1. The largest absolute Gasteiger partial charge is 0.389 e. The molecule has 0 aliphatic carbocycles. The average molecular weight is 263 g/mol. The Kier molecular flexibility index (Phi) is 3.81. The van der Waals surface area contributed by atoms with Crippen LogP contribution >= 0.6 is 0 Å². The molecule has 0 aliphatic heterocycles. The maximum atomic E-state index is 13.2. The van der Waals surface area contributed by atoms with Crippen molar-refractivity contribution in [2.24, 2.45) is 0 Å². The smallest absolute Gasteiger partial charge is 0.125 e. The van der Waals surface area contributed by atoms with E-state index in [1.54, 1.807) is 37.1 Å². The zero-order valence-electron chi connectivity index (χ0n) is 10.8. The summed E-state index contributed by atoms with van der Waals surface area (Å²) in [4.78, 5) is 1.71. The highest BCUT2D eigenvalue weighted by Crippen LogP contribution is 2.31. The summed E-state index contributed by atoms with van der Waals surface area (Å²) in [6, 6.07) is 10.3. The van der Waals surface area contributed by atoms with Crippen LogP contribution in [0.1, 0.15) is 18.6 Å². The molecule has 0 saturated heterocycles. The Morgan fingerprint density at radius 3 is 2.37 bits per heavy atom. The molecule has 19 heavy (non-hydrogen) atoms. The van der Waals surface area contributed by atoms with Crippen molar-refractivity contribution in [3.05, 3.63) is 59.7 Å². The Labute approximate surface area is 110 Å². The summed E-state index contributed by atoms with van der Waals surface area (Å²) < 4.78 is 26.5. The predicted molar refractivity (Wildman–Crippen MR) is 71.5 cm³/mol. The highest BCUT2D eigenvalue weighted by Gasteiger charge is 2.14. The van der Waals surface area contributed by atoms with E-state index in [2.05, 4.69) is 0 Å². The molecule has 1 N–H and O–H groups in total. The second-order valence-corrected chi connectivity index (χ2v) is 4.42. The second kappa shape index (κ2) is 5.36. The number of halogens is 2. The number of benzene rings is 2. The zero-order chi connectivity index (χ0) is 14.0. The van der Waals surface area contributed by atoms with Crippen molar-refractivity contribution >= 4 is 11.4 Å². The lowest BCUT2D eigenvalue weighted by molar-refractivity contribution is 0.199. The van der Waals surface area contributed by atoms with E-state index in [-0.39, 0.29) is 5.82 Å². The Balaban J connectivity index is 2.46. The van der Waals surface area contributed by atoms with Crippen molar-refractivity contribution in [3.63, 3.8) is 0 Å². The minimum Gasteiger partial charge on any atom is -0.389 e. The third kappa shape index (κ3) is 2.90. The molecule has 0 unspecified atom stereocenters. The van der Waals surface area contributed by atoms with Gasteiger partial charge in [0.2, 0.25) is 0 Å². The summed E-state index contributed by atoms with van der Waals surface area (Å²) in [6.45, 7) is 1.57. The first-order valence-electron chi connectivity index (χ1n) is 5.96. The van der Waals surface area contributed by atoms with Gasteiger partial charge in [-0.25, -0.2) is 8.78 Å². The first-order chi connectivity index (χ1) is 8.99. The number of hydrogen-bond acceptors (Lipinski definition) is 2. The molecular weight excluding hydrogens is 248 g/mol. The Morgan fingerprint density at radius 2 is 1.74 bits per heavy atom. The van der Waals surface area contributed by atoms with Crippen molar-refractivity contribution in [2.45, 2.75) is 13.0 Å². The van der Waals surface area contributed by atoms with Gasteiger partial charge in [0.1, 0.15) is 11.6 Å². The molecule has 0 aliphatic rings. The number of aliphatic hydroxyl groups is 1. The molecule has 0 amide bonds. The van der Waals surface area contributed by atoms with Crippen LogP contribution in [0.15, 0.2) is 42.5 Å². The molecule has 0 heterocycles. The van der Waals surface area contributed by atoms with Gasteiger partial charge < -0.3 is 10.0 Å². The summed E-state index contributed by atoms with van der Waals surface area (Å²) in [5.41, 5.74) is 1.74. The van der Waals surface area contributed by atoms with E-state index in [9.17, 15) is 13.9 Å². The van der Waals surface area contributed by atoms with Crippen LogP contribution in [0.3, 0.4) is 0 Å². The van der Waals surface area contributed by atoms with Gasteiger partial charge in [-0.05, 0) is 43.3 Å². The molecule has 100 valence electrons. The van der Waals surface area contributed by atoms with E-state index < -0.39 is 11.9 Å². The zero-order valence-corrected chi connectivity index (χ0v) is 10.8. The van der Waals surface area contributed by atoms with Crippen molar-refractivity contribution in [1.82, 2.24) is 0 Å². The standard InChI is InChI=1S/C15H15F2NO/c1-10(19)14-9-12(17)6-7-15(14)18(2)13-5-3-4-11(16)8-13/h3-10,19H,1-2H3/t10-/m1/s1. The number of aliphatic hydroxyl groups excluding tert-OH is 1. The third-order valence-corrected chi connectivity index (χ3v) is 3.00. The van der Waals surface area contributed by atoms with E-state index in [0.717, 1.165) is 0 Å². The van der Waals surface area contributed by atoms with Gasteiger partial charge in [-0.2, -0.15) is 0 Å². The molecule has 1 atom stereocenters. The van der Waals surface area contributed by atoms with Crippen molar-refractivity contribution in [1.29, 1.82) is 0 Å². The average Bonchev–Trinajstić information content (AvgIpc) is 2.37. The molecule has 2 rings (SSSR count). The summed E-state index contributed by atoms with van der Waals surface area (Å²) >= 11 is 0. The maximum absolute atomic E-state index is 13.2. The van der Waals surface area contributed by atoms with Crippen LogP contribution in [0.25, 0.3) is 0 Å². The van der Waals surface area contributed by atoms with Gasteiger partial charge in [0.15, 0.2) is 0 Å². The SMILES string of the molecule is C[C@@H](O)c1cc(F)ccc1N(C)c1cccc(F)c1. The van der Waals surface area contributed by atoms with Crippen LogP contribution in [0.5, 0.6) is 0 Å². The lowest BCUT2D eigenvalue weighted by atomic mass is 10.1. The lowest BCUT2D eigenvalue weighted by Crippen LogP contribution is -2.13. The molecule has 4 heteroatoms. The Hall–Kier alpha value is -1.94. The van der Waals surface area contributed by atoms with E-state index in [1.807, 2.05) is 0 Å².